The maximum absolute atomic E-state index is 13.2. The third-order valence-corrected chi connectivity index (χ3v) is 6.86. The Morgan fingerprint density at radius 3 is 2.61 bits per heavy atom. The van der Waals surface area contributed by atoms with Crippen molar-refractivity contribution in [2.75, 3.05) is 16.6 Å². The zero-order valence-electron chi connectivity index (χ0n) is 17.6. The highest BCUT2D eigenvalue weighted by Gasteiger charge is 2.21. The summed E-state index contributed by atoms with van der Waals surface area (Å²) in [6.45, 7) is 1.47. The van der Waals surface area contributed by atoms with E-state index in [0.717, 1.165) is 0 Å². The van der Waals surface area contributed by atoms with Gasteiger partial charge in [-0.3, -0.25) is 13.5 Å². The van der Waals surface area contributed by atoms with Crippen LogP contribution in [0.1, 0.15) is 23.0 Å². The Balaban J connectivity index is 1.79. The number of carbonyl (C=O) groups is 1. The summed E-state index contributed by atoms with van der Waals surface area (Å²) in [6.07, 6.45) is 8.42. The summed E-state index contributed by atoms with van der Waals surface area (Å²) in [5.74, 6) is 1.48. The molecule has 0 aliphatic heterocycles. The number of carbonyl (C=O) groups excluding carboxylic acids is 1. The molecule has 2 heterocycles. The van der Waals surface area contributed by atoms with Crippen molar-refractivity contribution in [2.24, 2.45) is 0 Å². The SMILES string of the molecule is C#CCN(c1cccc(-c2ccnc3c(C(=O)c4ccc(F)cc4)ncn23)c1)S(=O)(=O)CC. The molecule has 0 unspecified atom stereocenters. The molecular weight excluding hydrogens is 443 g/mol. The third-order valence-electron chi connectivity index (χ3n) is 5.12. The van der Waals surface area contributed by atoms with E-state index < -0.39 is 15.8 Å². The van der Waals surface area contributed by atoms with Crippen LogP contribution in [0.3, 0.4) is 0 Å². The summed E-state index contributed by atoms with van der Waals surface area (Å²) in [5.41, 5.74) is 2.52. The van der Waals surface area contributed by atoms with Gasteiger partial charge in [0, 0.05) is 17.3 Å². The van der Waals surface area contributed by atoms with Crippen molar-refractivity contribution in [2.45, 2.75) is 6.92 Å². The highest BCUT2D eigenvalue weighted by molar-refractivity contribution is 7.92. The summed E-state index contributed by atoms with van der Waals surface area (Å²) in [7, 11) is -3.57. The summed E-state index contributed by atoms with van der Waals surface area (Å²) in [5, 5.41) is 0. The number of hydrogen-bond donors (Lipinski definition) is 0. The van der Waals surface area contributed by atoms with Crippen LogP contribution < -0.4 is 4.31 Å². The molecule has 9 heteroatoms. The molecule has 166 valence electrons. The number of nitrogens with zero attached hydrogens (tertiary/aromatic N) is 4. The first-order valence-electron chi connectivity index (χ1n) is 10.0. The molecule has 0 atom stereocenters. The van der Waals surface area contributed by atoms with E-state index in [1.54, 1.807) is 41.8 Å². The number of aromatic nitrogens is 3. The van der Waals surface area contributed by atoms with Crippen molar-refractivity contribution in [1.29, 1.82) is 0 Å². The number of terminal acetylenes is 1. The molecule has 0 saturated carbocycles. The monoisotopic (exact) mass is 462 g/mol. The number of ketones is 1. The van der Waals surface area contributed by atoms with Gasteiger partial charge in [0.05, 0.1) is 23.7 Å². The van der Waals surface area contributed by atoms with Crippen molar-refractivity contribution < 1.29 is 17.6 Å². The second kappa shape index (κ2) is 8.84. The van der Waals surface area contributed by atoms with Crippen LogP contribution in [-0.2, 0) is 10.0 Å². The number of anilines is 1. The first kappa shape index (κ1) is 22.2. The van der Waals surface area contributed by atoms with Gasteiger partial charge in [-0.25, -0.2) is 22.8 Å². The highest BCUT2D eigenvalue weighted by Crippen LogP contribution is 2.27. The van der Waals surface area contributed by atoms with Crippen LogP contribution in [0.25, 0.3) is 16.9 Å². The zero-order chi connectivity index (χ0) is 23.6. The van der Waals surface area contributed by atoms with Crippen LogP contribution in [0.15, 0.2) is 67.1 Å². The minimum Gasteiger partial charge on any atom is -0.287 e. The molecule has 0 saturated heterocycles. The van der Waals surface area contributed by atoms with E-state index >= 15 is 0 Å². The van der Waals surface area contributed by atoms with Gasteiger partial charge in [-0.05, 0) is 49.4 Å². The lowest BCUT2D eigenvalue weighted by atomic mass is 10.1. The second-order valence-electron chi connectivity index (χ2n) is 7.11. The van der Waals surface area contributed by atoms with Gasteiger partial charge in [0.1, 0.15) is 12.1 Å². The largest absolute Gasteiger partial charge is 0.287 e. The molecule has 0 spiro atoms. The molecule has 2 aromatic heterocycles. The number of hydrogen-bond acceptors (Lipinski definition) is 5. The maximum Gasteiger partial charge on any atom is 0.235 e. The van der Waals surface area contributed by atoms with E-state index in [9.17, 15) is 17.6 Å². The fourth-order valence-electron chi connectivity index (χ4n) is 3.44. The first-order valence-corrected chi connectivity index (χ1v) is 11.6. The standard InChI is InChI=1S/C24H19FN4O3S/c1-3-14-29(33(31,32)4-2)20-7-5-6-18(15-20)21-12-13-26-24-22(27-16-28(21)24)23(30)17-8-10-19(25)11-9-17/h1,5-13,15-16H,4,14H2,2H3. The quantitative estimate of drug-likeness (QED) is 0.310. The highest BCUT2D eigenvalue weighted by atomic mass is 32.2. The number of rotatable bonds is 7. The summed E-state index contributed by atoms with van der Waals surface area (Å²) >= 11 is 0. The van der Waals surface area contributed by atoms with Gasteiger partial charge in [0.15, 0.2) is 11.3 Å². The molecule has 33 heavy (non-hydrogen) atoms. The fraction of sp³-hybridized carbons (Fsp3) is 0.125. The summed E-state index contributed by atoms with van der Waals surface area (Å²) < 4.78 is 41.1. The Labute approximate surface area is 190 Å². The molecular formula is C24H19FN4O3S. The topological polar surface area (TPSA) is 84.6 Å². The Morgan fingerprint density at radius 2 is 1.91 bits per heavy atom. The Bertz CT molecular complexity index is 1490. The fourth-order valence-corrected chi connectivity index (χ4v) is 4.46. The molecule has 0 fully saturated rings. The zero-order valence-corrected chi connectivity index (χ0v) is 18.5. The van der Waals surface area contributed by atoms with Gasteiger partial charge < -0.3 is 0 Å². The van der Waals surface area contributed by atoms with Crippen LogP contribution in [0.4, 0.5) is 10.1 Å². The molecule has 0 aliphatic rings. The molecule has 0 N–H and O–H groups in total. The van der Waals surface area contributed by atoms with E-state index in [1.165, 1.54) is 34.9 Å². The number of sulfonamides is 1. The van der Waals surface area contributed by atoms with Crippen molar-refractivity contribution in [3.8, 4) is 23.6 Å². The normalized spacial score (nSPS) is 11.3. The predicted molar refractivity (Wildman–Crippen MR) is 124 cm³/mol. The van der Waals surface area contributed by atoms with Crippen LogP contribution in [0.2, 0.25) is 0 Å². The number of benzene rings is 2. The van der Waals surface area contributed by atoms with Crippen LogP contribution in [0.5, 0.6) is 0 Å². The lowest BCUT2D eigenvalue weighted by Crippen LogP contribution is -2.32. The van der Waals surface area contributed by atoms with Crippen LogP contribution >= 0.6 is 0 Å². The smallest absolute Gasteiger partial charge is 0.235 e. The van der Waals surface area contributed by atoms with E-state index in [4.69, 9.17) is 6.42 Å². The summed E-state index contributed by atoms with van der Waals surface area (Å²) in [6, 6.07) is 13.9. The molecule has 0 radical (unpaired) electrons. The number of halogens is 1. The summed E-state index contributed by atoms with van der Waals surface area (Å²) in [4.78, 5) is 21.5. The van der Waals surface area contributed by atoms with E-state index in [0.29, 0.717) is 28.2 Å². The molecule has 2 aromatic carbocycles. The molecule has 4 rings (SSSR count). The first-order chi connectivity index (χ1) is 15.9. The lowest BCUT2D eigenvalue weighted by molar-refractivity contribution is 0.103. The van der Waals surface area contributed by atoms with Gasteiger partial charge in [-0.2, -0.15) is 0 Å². The molecule has 0 aliphatic carbocycles. The van der Waals surface area contributed by atoms with Gasteiger partial charge >= 0.3 is 0 Å². The van der Waals surface area contributed by atoms with Gasteiger partial charge in [0.25, 0.3) is 0 Å². The molecule has 0 bridgehead atoms. The van der Waals surface area contributed by atoms with Crippen molar-refractivity contribution in [1.82, 2.24) is 14.4 Å². The minimum absolute atomic E-state index is 0.0885. The molecule has 7 nitrogen and oxygen atoms in total. The van der Waals surface area contributed by atoms with Gasteiger partial charge in [-0.15, -0.1) is 6.42 Å². The van der Waals surface area contributed by atoms with Crippen LogP contribution in [-0.4, -0.2) is 40.9 Å². The van der Waals surface area contributed by atoms with Gasteiger partial charge in [0.2, 0.25) is 15.8 Å². The molecule has 4 aromatic rings. The van der Waals surface area contributed by atoms with E-state index in [1.807, 2.05) is 6.07 Å². The van der Waals surface area contributed by atoms with Crippen molar-refractivity contribution >= 4 is 27.1 Å². The maximum atomic E-state index is 13.2. The van der Waals surface area contributed by atoms with Crippen molar-refractivity contribution in [3.05, 3.63) is 84.2 Å². The Hall–Kier alpha value is -4.03. The third kappa shape index (κ3) is 4.21. The Morgan fingerprint density at radius 1 is 1.15 bits per heavy atom. The van der Waals surface area contributed by atoms with Gasteiger partial charge in [-0.1, -0.05) is 18.1 Å². The number of fused-ring (bicyclic) bond motifs is 1. The number of imidazole rings is 1. The van der Waals surface area contributed by atoms with Crippen LogP contribution in [0, 0.1) is 18.2 Å². The van der Waals surface area contributed by atoms with E-state index in [-0.39, 0.29) is 23.8 Å². The lowest BCUT2D eigenvalue weighted by Gasteiger charge is -2.22. The van der Waals surface area contributed by atoms with Crippen molar-refractivity contribution in [3.63, 3.8) is 0 Å². The predicted octanol–water partition coefficient (Wildman–Crippen LogP) is 3.56. The second-order valence-corrected chi connectivity index (χ2v) is 9.30. The average molecular weight is 463 g/mol. The minimum atomic E-state index is -3.57. The average Bonchev–Trinajstić information content (AvgIpc) is 3.27. The molecule has 0 amide bonds. The van der Waals surface area contributed by atoms with E-state index in [2.05, 4.69) is 15.9 Å². The Kier molecular flexibility index (Phi) is 5.94.